The minimum absolute atomic E-state index is 0.255. The maximum Gasteiger partial charge on any atom is 0.398 e. The van der Waals surface area contributed by atoms with Crippen LogP contribution in [0.25, 0.3) is 0 Å². The van der Waals surface area contributed by atoms with Gasteiger partial charge >= 0.3 is 6.18 Å². The molecule has 3 N–H and O–H groups in total. The van der Waals surface area contributed by atoms with Gasteiger partial charge in [-0.15, -0.1) is 0 Å². The van der Waals surface area contributed by atoms with Crippen molar-refractivity contribution in [1.82, 2.24) is 5.32 Å². The topological polar surface area (TPSA) is 78.9 Å². The Balaban J connectivity index is 2.55. The summed E-state index contributed by atoms with van der Waals surface area (Å²) >= 11 is 3.14. The summed E-state index contributed by atoms with van der Waals surface area (Å²) in [5, 5.41) is 11.5. The van der Waals surface area contributed by atoms with Gasteiger partial charge < -0.3 is 11.1 Å². The number of carbonyl (C=O) groups excluding carboxylic acids is 1. The molecule has 1 aliphatic rings. The van der Waals surface area contributed by atoms with Crippen LogP contribution in [-0.4, -0.2) is 28.8 Å². The van der Waals surface area contributed by atoms with Gasteiger partial charge in [-0.1, -0.05) is 28.1 Å². The van der Waals surface area contributed by atoms with Gasteiger partial charge in [0.15, 0.2) is 0 Å². The summed E-state index contributed by atoms with van der Waals surface area (Å²) < 4.78 is 57.0. The van der Waals surface area contributed by atoms with Crippen LogP contribution in [0.3, 0.4) is 0 Å². The lowest BCUT2D eigenvalue weighted by Gasteiger charge is -2.40. The first-order chi connectivity index (χ1) is 12.2. The Labute approximate surface area is 163 Å². The Morgan fingerprint density at radius 1 is 1.30 bits per heavy atom. The number of halogens is 5. The van der Waals surface area contributed by atoms with Crippen LogP contribution in [0.2, 0.25) is 0 Å². The molecule has 148 valence electrons. The van der Waals surface area contributed by atoms with E-state index in [2.05, 4.69) is 21.2 Å². The molecule has 4 nitrogen and oxygen atoms in total. The minimum atomic E-state index is -4.91. The van der Waals surface area contributed by atoms with E-state index in [4.69, 9.17) is 11.0 Å². The first-order valence-corrected chi connectivity index (χ1v) is 9.06. The molecule has 1 aromatic rings. The number of alkyl halides is 4. The van der Waals surface area contributed by atoms with E-state index in [1.54, 1.807) is 0 Å². The summed E-state index contributed by atoms with van der Waals surface area (Å²) in [6.45, 7) is 2.13. The van der Waals surface area contributed by atoms with Gasteiger partial charge in [0.1, 0.15) is 22.7 Å². The average Bonchev–Trinajstić information content (AvgIpc) is 3.26. The highest BCUT2D eigenvalue weighted by Gasteiger charge is 2.60. The van der Waals surface area contributed by atoms with E-state index in [1.807, 2.05) is 6.07 Å². The highest BCUT2D eigenvalue weighted by molar-refractivity contribution is 9.10. The quantitative estimate of drug-likeness (QED) is 0.641. The van der Waals surface area contributed by atoms with Gasteiger partial charge in [0.2, 0.25) is 5.91 Å². The Bertz CT molecular complexity index is 748. The van der Waals surface area contributed by atoms with Crippen LogP contribution in [-0.2, 0) is 4.79 Å². The van der Waals surface area contributed by atoms with E-state index in [-0.39, 0.29) is 5.56 Å². The number of amides is 1. The van der Waals surface area contributed by atoms with Crippen molar-refractivity contribution in [3.63, 3.8) is 0 Å². The van der Waals surface area contributed by atoms with Crippen molar-refractivity contribution in [3.05, 3.63) is 34.3 Å². The number of hydrogen-bond acceptors (Lipinski definition) is 3. The van der Waals surface area contributed by atoms with Crippen LogP contribution in [0.4, 0.5) is 17.6 Å². The first kappa shape index (κ1) is 21.6. The fraction of sp³-hybridized carbons (Fsp3) is 0.556. The SMILES string of the molecule is CC(C)(F)C[C@](N)(C(=O)NC1(C#N)CC1)[C@H](c1ccc(Br)cc1)C(F)(F)F. The van der Waals surface area contributed by atoms with E-state index in [1.165, 1.54) is 24.3 Å². The minimum Gasteiger partial charge on any atom is -0.336 e. The number of rotatable bonds is 6. The van der Waals surface area contributed by atoms with Gasteiger partial charge in [0.25, 0.3) is 0 Å². The second-order valence-corrected chi connectivity index (χ2v) is 8.53. The number of hydrogen-bond donors (Lipinski definition) is 2. The van der Waals surface area contributed by atoms with Gasteiger partial charge in [0, 0.05) is 10.9 Å². The first-order valence-electron chi connectivity index (χ1n) is 8.26. The van der Waals surface area contributed by atoms with Gasteiger partial charge in [-0.2, -0.15) is 18.4 Å². The van der Waals surface area contributed by atoms with Gasteiger partial charge in [-0.3, -0.25) is 4.79 Å². The maximum atomic E-state index is 14.4. The normalized spacial score (nSPS) is 19.5. The van der Waals surface area contributed by atoms with Crippen LogP contribution in [0.15, 0.2) is 28.7 Å². The number of nitrogens with two attached hydrogens (primary N) is 1. The second-order valence-electron chi connectivity index (χ2n) is 7.61. The third kappa shape index (κ3) is 4.99. The predicted octanol–water partition coefficient (Wildman–Crippen LogP) is 4.10. The van der Waals surface area contributed by atoms with Crippen molar-refractivity contribution in [1.29, 1.82) is 5.26 Å². The Morgan fingerprint density at radius 2 is 1.81 bits per heavy atom. The van der Waals surface area contributed by atoms with E-state index < -0.39 is 41.2 Å². The lowest BCUT2D eigenvalue weighted by atomic mass is 9.73. The Hall–Kier alpha value is -1.66. The summed E-state index contributed by atoms with van der Waals surface area (Å²) in [7, 11) is 0. The van der Waals surface area contributed by atoms with E-state index in [9.17, 15) is 22.4 Å². The van der Waals surface area contributed by atoms with Crippen molar-refractivity contribution in [2.45, 2.75) is 62.0 Å². The summed E-state index contributed by atoms with van der Waals surface area (Å²) in [4.78, 5) is 12.8. The summed E-state index contributed by atoms with van der Waals surface area (Å²) in [6.07, 6.45) is -5.14. The fourth-order valence-corrected chi connectivity index (χ4v) is 3.43. The van der Waals surface area contributed by atoms with Crippen LogP contribution in [0.5, 0.6) is 0 Å². The molecule has 0 heterocycles. The Kier molecular flexibility index (Phi) is 5.66. The van der Waals surface area contributed by atoms with Crippen LogP contribution >= 0.6 is 15.9 Å². The molecule has 0 spiro atoms. The molecule has 2 rings (SSSR count). The summed E-state index contributed by atoms with van der Waals surface area (Å²) in [5.74, 6) is -3.62. The molecule has 0 bridgehead atoms. The molecule has 2 atom stereocenters. The molecule has 0 aliphatic heterocycles. The molecular formula is C18H20BrF4N3O. The maximum absolute atomic E-state index is 14.4. The second kappa shape index (κ2) is 7.06. The highest BCUT2D eigenvalue weighted by atomic mass is 79.9. The monoisotopic (exact) mass is 449 g/mol. The molecular weight excluding hydrogens is 430 g/mol. The molecule has 9 heteroatoms. The lowest BCUT2D eigenvalue weighted by Crippen LogP contribution is -2.64. The van der Waals surface area contributed by atoms with Crippen molar-refractivity contribution in [2.24, 2.45) is 5.73 Å². The summed E-state index contributed by atoms with van der Waals surface area (Å²) in [6, 6.07) is 7.05. The number of benzene rings is 1. The van der Waals surface area contributed by atoms with Crippen LogP contribution in [0.1, 0.15) is 44.6 Å². The zero-order valence-corrected chi connectivity index (χ0v) is 16.4. The largest absolute Gasteiger partial charge is 0.398 e. The third-order valence-corrected chi connectivity index (χ3v) is 5.03. The molecule has 0 aromatic heterocycles. The molecule has 1 aliphatic carbocycles. The molecule has 1 amide bonds. The Morgan fingerprint density at radius 3 is 2.19 bits per heavy atom. The molecule has 1 fully saturated rings. The van der Waals surface area contributed by atoms with Crippen molar-refractivity contribution >= 4 is 21.8 Å². The van der Waals surface area contributed by atoms with Gasteiger partial charge in [-0.05, 0) is 44.4 Å². The molecule has 0 unspecified atom stereocenters. The number of nitrogens with one attached hydrogen (secondary N) is 1. The van der Waals surface area contributed by atoms with Crippen LogP contribution in [0, 0.1) is 11.3 Å². The van der Waals surface area contributed by atoms with Crippen molar-refractivity contribution < 1.29 is 22.4 Å². The van der Waals surface area contributed by atoms with Gasteiger partial charge in [0.05, 0.1) is 6.07 Å². The predicted molar refractivity (Wildman–Crippen MR) is 95.4 cm³/mol. The average molecular weight is 450 g/mol. The standard InChI is InChI=1S/C18H20BrF4N3O/c1-15(2,20)9-17(25,14(27)26-16(10-24)7-8-16)13(18(21,22)23)11-3-5-12(19)6-4-11/h3-6,13H,7-9,25H2,1-2H3,(H,26,27)/t13-,17+/m0/s1. The summed E-state index contributed by atoms with van der Waals surface area (Å²) in [5.41, 5.74) is -0.227. The highest BCUT2D eigenvalue weighted by Crippen LogP contribution is 2.46. The zero-order chi connectivity index (χ0) is 20.7. The zero-order valence-electron chi connectivity index (χ0n) is 14.8. The molecule has 0 radical (unpaired) electrons. The van der Waals surface area contributed by atoms with E-state index >= 15 is 0 Å². The third-order valence-electron chi connectivity index (χ3n) is 4.50. The number of carbonyl (C=O) groups is 1. The number of nitriles is 1. The molecule has 1 saturated carbocycles. The van der Waals surface area contributed by atoms with E-state index in [0.29, 0.717) is 17.3 Å². The molecule has 1 aromatic carbocycles. The smallest absolute Gasteiger partial charge is 0.336 e. The van der Waals surface area contributed by atoms with Crippen molar-refractivity contribution in [3.8, 4) is 6.07 Å². The molecule has 0 saturated heterocycles. The molecule has 27 heavy (non-hydrogen) atoms. The van der Waals surface area contributed by atoms with Crippen LogP contribution < -0.4 is 11.1 Å². The fourth-order valence-electron chi connectivity index (χ4n) is 3.17. The lowest BCUT2D eigenvalue weighted by molar-refractivity contribution is -0.175. The van der Waals surface area contributed by atoms with Gasteiger partial charge in [-0.25, -0.2) is 4.39 Å². The van der Waals surface area contributed by atoms with E-state index in [0.717, 1.165) is 13.8 Å². The number of nitrogens with zero attached hydrogens (tertiary/aromatic N) is 1. The van der Waals surface area contributed by atoms with Crippen molar-refractivity contribution in [2.75, 3.05) is 0 Å².